The quantitative estimate of drug-likeness (QED) is 0.236. The van der Waals surface area contributed by atoms with Gasteiger partial charge in [0.2, 0.25) is 5.91 Å². The molecular weight excluding hydrogens is 614 g/mol. The fourth-order valence-corrected chi connectivity index (χ4v) is 5.61. The number of carbonyl (C=O) groups excluding carboxylic acids is 5. The van der Waals surface area contributed by atoms with Crippen LogP contribution in [0.5, 0.6) is 0 Å². The molecule has 0 bridgehead atoms. The molecule has 1 N–H and O–H groups in total. The lowest BCUT2D eigenvalue weighted by Crippen LogP contribution is -2.57. The molecule has 48 heavy (non-hydrogen) atoms. The summed E-state index contributed by atoms with van der Waals surface area (Å²) in [5, 5.41) is 2.67. The van der Waals surface area contributed by atoms with E-state index in [-0.39, 0.29) is 24.9 Å². The maximum atomic E-state index is 14.1. The van der Waals surface area contributed by atoms with Crippen LogP contribution in [0.4, 0.5) is 4.79 Å². The summed E-state index contributed by atoms with van der Waals surface area (Å²) >= 11 is 0. The second-order valence-electron chi connectivity index (χ2n) is 13.8. The summed E-state index contributed by atoms with van der Waals surface area (Å²) in [5.74, 6) is -3.22. The molecule has 1 aliphatic rings. The number of ether oxygens (including phenoxy) is 3. The van der Waals surface area contributed by atoms with Gasteiger partial charge in [0, 0.05) is 26.1 Å². The first-order chi connectivity index (χ1) is 22.6. The lowest BCUT2D eigenvalue weighted by atomic mass is 9.98. The molecule has 0 unspecified atom stereocenters. The topological polar surface area (TPSA) is 132 Å². The minimum absolute atomic E-state index is 0.0733. The molecule has 0 aliphatic carbocycles. The van der Waals surface area contributed by atoms with Crippen molar-refractivity contribution in [1.29, 1.82) is 0 Å². The smallest absolute Gasteiger partial charge is 0.407 e. The molecule has 1 saturated heterocycles. The predicted molar refractivity (Wildman–Crippen MR) is 180 cm³/mol. The zero-order chi connectivity index (χ0) is 35.6. The highest BCUT2D eigenvalue weighted by molar-refractivity contribution is 5.93. The molecule has 5 atom stereocenters. The predicted octanol–water partition coefficient (Wildman–Crippen LogP) is 4.91. The molecule has 2 aromatic carbocycles. The SMILES string of the molecule is CC(C)[C@@H](C(=O)N1CCC[C@H]1C(=O)OC(C)(C)C)N(C)C(=O)[C@H](Cc1ccccc1)OC(=O)[C@H](C)[C@@H](C)NC(=O)OCc1ccccc1. The third-order valence-electron chi connectivity index (χ3n) is 8.34. The number of likely N-dealkylation sites (N-methyl/N-ethyl adjacent to an activating group) is 1. The number of nitrogens with one attached hydrogen (secondary N) is 1. The molecule has 3 amide bonds. The molecule has 0 spiro atoms. The Hall–Kier alpha value is -4.41. The van der Waals surface area contributed by atoms with E-state index >= 15 is 0 Å². The molecule has 2 aromatic rings. The van der Waals surface area contributed by atoms with Crippen molar-refractivity contribution in [2.24, 2.45) is 11.8 Å². The minimum Gasteiger partial charge on any atom is -0.458 e. The van der Waals surface area contributed by atoms with E-state index in [1.54, 1.807) is 34.6 Å². The van der Waals surface area contributed by atoms with Gasteiger partial charge in [0.1, 0.15) is 24.3 Å². The van der Waals surface area contributed by atoms with E-state index in [4.69, 9.17) is 14.2 Å². The van der Waals surface area contributed by atoms with E-state index in [0.29, 0.717) is 19.4 Å². The van der Waals surface area contributed by atoms with Crippen LogP contribution in [-0.4, -0.2) is 83.1 Å². The highest BCUT2D eigenvalue weighted by Crippen LogP contribution is 2.26. The molecule has 0 aromatic heterocycles. The molecular formula is C37H51N3O8. The van der Waals surface area contributed by atoms with Gasteiger partial charge in [0.15, 0.2) is 6.10 Å². The Kier molecular flexibility index (Phi) is 13.6. The number of esters is 2. The van der Waals surface area contributed by atoms with Gasteiger partial charge >= 0.3 is 18.0 Å². The lowest BCUT2D eigenvalue weighted by Gasteiger charge is -2.37. The normalized spacial score (nSPS) is 17.1. The van der Waals surface area contributed by atoms with E-state index in [1.807, 2.05) is 74.5 Å². The first kappa shape index (κ1) is 38.0. The molecule has 0 radical (unpaired) electrons. The number of alkyl carbamates (subject to hydrolysis) is 1. The van der Waals surface area contributed by atoms with Crippen LogP contribution >= 0.6 is 0 Å². The Bertz CT molecular complexity index is 1390. The summed E-state index contributed by atoms with van der Waals surface area (Å²) in [6.45, 7) is 12.7. The van der Waals surface area contributed by atoms with Gasteiger partial charge in [-0.2, -0.15) is 0 Å². The number of hydrogen-bond donors (Lipinski definition) is 1. The summed E-state index contributed by atoms with van der Waals surface area (Å²) in [7, 11) is 1.52. The van der Waals surface area contributed by atoms with Crippen LogP contribution in [0.1, 0.15) is 72.4 Å². The van der Waals surface area contributed by atoms with Crippen molar-refractivity contribution in [1.82, 2.24) is 15.1 Å². The fraction of sp³-hybridized carbons (Fsp3) is 0.541. The Morgan fingerprint density at radius 3 is 2.06 bits per heavy atom. The van der Waals surface area contributed by atoms with Gasteiger partial charge in [-0.05, 0) is 64.5 Å². The van der Waals surface area contributed by atoms with Crippen LogP contribution in [0.3, 0.4) is 0 Å². The number of hydrogen-bond acceptors (Lipinski definition) is 8. The van der Waals surface area contributed by atoms with Crippen LogP contribution in [0.25, 0.3) is 0 Å². The molecule has 1 aliphatic heterocycles. The Morgan fingerprint density at radius 2 is 1.50 bits per heavy atom. The van der Waals surface area contributed by atoms with Crippen LogP contribution in [0.15, 0.2) is 60.7 Å². The van der Waals surface area contributed by atoms with E-state index in [1.165, 1.54) is 16.8 Å². The minimum atomic E-state index is -1.25. The van der Waals surface area contributed by atoms with Crippen molar-refractivity contribution in [3.63, 3.8) is 0 Å². The highest BCUT2D eigenvalue weighted by atomic mass is 16.6. The van der Waals surface area contributed by atoms with Crippen molar-refractivity contribution in [3.8, 4) is 0 Å². The van der Waals surface area contributed by atoms with Gasteiger partial charge in [-0.25, -0.2) is 9.59 Å². The summed E-state index contributed by atoms with van der Waals surface area (Å²) in [4.78, 5) is 69.9. The van der Waals surface area contributed by atoms with Gasteiger partial charge in [0.05, 0.1) is 5.92 Å². The van der Waals surface area contributed by atoms with Crippen molar-refractivity contribution in [2.45, 2.75) is 104 Å². The molecule has 11 nitrogen and oxygen atoms in total. The van der Waals surface area contributed by atoms with E-state index in [9.17, 15) is 24.0 Å². The first-order valence-electron chi connectivity index (χ1n) is 16.6. The first-order valence-corrected chi connectivity index (χ1v) is 16.6. The second-order valence-corrected chi connectivity index (χ2v) is 13.8. The van der Waals surface area contributed by atoms with E-state index in [2.05, 4.69) is 5.32 Å². The van der Waals surface area contributed by atoms with Crippen LogP contribution in [0, 0.1) is 11.8 Å². The third kappa shape index (κ3) is 10.8. The van der Waals surface area contributed by atoms with Crippen molar-refractivity contribution in [2.75, 3.05) is 13.6 Å². The third-order valence-corrected chi connectivity index (χ3v) is 8.34. The molecule has 1 fully saturated rings. The molecule has 3 rings (SSSR count). The summed E-state index contributed by atoms with van der Waals surface area (Å²) in [6, 6.07) is 16.0. The number of amides is 3. The maximum Gasteiger partial charge on any atom is 0.407 e. The number of rotatable bonds is 13. The zero-order valence-corrected chi connectivity index (χ0v) is 29.4. The number of benzene rings is 2. The Labute approximate surface area is 284 Å². The summed E-state index contributed by atoms with van der Waals surface area (Å²) < 4.78 is 16.7. The Morgan fingerprint density at radius 1 is 0.917 bits per heavy atom. The van der Waals surface area contributed by atoms with Crippen molar-refractivity contribution in [3.05, 3.63) is 71.8 Å². The van der Waals surface area contributed by atoms with E-state index in [0.717, 1.165) is 11.1 Å². The summed E-state index contributed by atoms with van der Waals surface area (Å²) in [5.41, 5.74) is 0.875. The van der Waals surface area contributed by atoms with Crippen LogP contribution in [0.2, 0.25) is 0 Å². The zero-order valence-electron chi connectivity index (χ0n) is 29.4. The monoisotopic (exact) mass is 665 g/mol. The van der Waals surface area contributed by atoms with Gasteiger partial charge in [-0.1, -0.05) is 74.5 Å². The highest BCUT2D eigenvalue weighted by Gasteiger charge is 2.43. The molecule has 1 heterocycles. The van der Waals surface area contributed by atoms with Crippen molar-refractivity contribution >= 4 is 29.8 Å². The van der Waals surface area contributed by atoms with Crippen LogP contribution < -0.4 is 5.32 Å². The average Bonchev–Trinajstić information content (AvgIpc) is 3.53. The van der Waals surface area contributed by atoms with E-state index < -0.39 is 59.7 Å². The number of nitrogens with zero attached hydrogens (tertiary/aromatic N) is 2. The van der Waals surface area contributed by atoms with Gasteiger partial charge < -0.3 is 29.3 Å². The standard InChI is InChI=1S/C37H51N3O8/c1-24(2)31(33(42)40-21-15-20-29(40)35(44)48-37(5,6)7)39(8)32(41)30(22-27-16-11-9-12-17-27)47-34(43)25(3)26(4)38-36(45)46-23-28-18-13-10-14-19-28/h9-14,16-19,24-26,29-31H,15,20-23H2,1-8H3,(H,38,45)/t25-,26-,29+,30+,31+/m1/s1. The van der Waals surface area contributed by atoms with Crippen molar-refractivity contribution < 1.29 is 38.2 Å². The number of carbonyl (C=O) groups is 5. The summed E-state index contributed by atoms with van der Waals surface area (Å²) in [6.07, 6.45) is -0.754. The fourth-order valence-electron chi connectivity index (χ4n) is 5.61. The molecule has 11 heteroatoms. The molecule has 0 saturated carbocycles. The number of likely N-dealkylation sites (tertiary alicyclic amines) is 1. The average molecular weight is 666 g/mol. The van der Waals surface area contributed by atoms with Gasteiger partial charge in [-0.3, -0.25) is 14.4 Å². The Balaban J connectivity index is 1.75. The molecule has 262 valence electrons. The van der Waals surface area contributed by atoms with Gasteiger partial charge in [0.25, 0.3) is 5.91 Å². The lowest BCUT2D eigenvalue weighted by molar-refractivity contribution is -0.168. The van der Waals surface area contributed by atoms with Gasteiger partial charge in [-0.15, -0.1) is 0 Å². The second kappa shape index (κ2) is 17.1. The van der Waals surface area contributed by atoms with Crippen LogP contribution in [-0.2, 0) is 46.4 Å². The largest absolute Gasteiger partial charge is 0.458 e. The maximum absolute atomic E-state index is 14.1.